The van der Waals surface area contributed by atoms with Gasteiger partial charge >= 0.3 is 0 Å². The number of aryl methyl sites for hydroxylation is 1. The van der Waals surface area contributed by atoms with Gasteiger partial charge in [0.2, 0.25) is 0 Å². The third kappa shape index (κ3) is 2.94. The summed E-state index contributed by atoms with van der Waals surface area (Å²) in [5, 5.41) is 13.2. The maximum absolute atomic E-state index is 9.65. The topological polar surface area (TPSA) is 32.3 Å². The first-order valence-corrected chi connectivity index (χ1v) is 7.71. The first kappa shape index (κ1) is 13.0. The predicted molar refractivity (Wildman–Crippen MR) is 80.0 cm³/mol. The zero-order chi connectivity index (χ0) is 13.2. The Bertz CT molecular complexity index is 581. The van der Waals surface area contributed by atoms with Crippen LogP contribution in [0.4, 0.5) is 0 Å². The number of halogens is 1. The number of nitrogens with one attached hydrogen (secondary N) is 1. The molecule has 2 N–H and O–H groups in total. The van der Waals surface area contributed by atoms with Crippen molar-refractivity contribution < 1.29 is 5.11 Å². The van der Waals surface area contributed by atoms with E-state index in [-0.39, 0.29) is 0 Å². The lowest BCUT2D eigenvalue weighted by molar-refractivity contribution is 0.447. The molecule has 0 aliphatic heterocycles. The van der Waals surface area contributed by atoms with E-state index in [4.69, 9.17) is 11.6 Å². The lowest BCUT2D eigenvalue weighted by Gasteiger charge is -2.26. The summed E-state index contributed by atoms with van der Waals surface area (Å²) in [6, 6.07) is 10.0. The highest BCUT2D eigenvalue weighted by Crippen LogP contribution is 2.32. The molecule has 1 heterocycles. The zero-order valence-corrected chi connectivity index (χ0v) is 12.1. The van der Waals surface area contributed by atoms with Crippen LogP contribution in [0.1, 0.15) is 34.9 Å². The quantitative estimate of drug-likeness (QED) is 0.885. The van der Waals surface area contributed by atoms with Crippen LogP contribution in [0.2, 0.25) is 4.34 Å². The molecule has 3 rings (SSSR count). The van der Waals surface area contributed by atoms with Crippen molar-refractivity contribution in [2.24, 2.45) is 0 Å². The number of thiophene rings is 1. The van der Waals surface area contributed by atoms with Crippen molar-refractivity contribution in [1.29, 1.82) is 0 Å². The van der Waals surface area contributed by atoms with E-state index >= 15 is 0 Å². The van der Waals surface area contributed by atoms with E-state index in [1.807, 2.05) is 18.2 Å². The van der Waals surface area contributed by atoms with Crippen LogP contribution in [-0.2, 0) is 13.0 Å². The minimum Gasteiger partial charge on any atom is -0.508 e. The molecule has 0 spiro atoms. The zero-order valence-electron chi connectivity index (χ0n) is 10.5. The first-order valence-electron chi connectivity index (χ1n) is 6.52. The van der Waals surface area contributed by atoms with E-state index in [9.17, 15) is 5.11 Å². The molecule has 1 unspecified atom stereocenters. The van der Waals surface area contributed by atoms with Crippen LogP contribution in [0.15, 0.2) is 30.3 Å². The van der Waals surface area contributed by atoms with Crippen molar-refractivity contribution >= 4 is 22.9 Å². The summed E-state index contributed by atoms with van der Waals surface area (Å²) >= 11 is 7.56. The summed E-state index contributed by atoms with van der Waals surface area (Å²) in [6.07, 6.45) is 3.43. The Labute approximate surface area is 122 Å². The van der Waals surface area contributed by atoms with E-state index in [1.54, 1.807) is 17.4 Å². The third-order valence-corrected chi connectivity index (χ3v) is 4.83. The van der Waals surface area contributed by atoms with Gasteiger partial charge in [0.05, 0.1) is 4.34 Å². The number of phenolic OH excluding ortho intramolecular Hbond substituents is 1. The molecule has 2 nitrogen and oxygen atoms in total. The molecule has 1 aromatic carbocycles. The lowest BCUT2D eigenvalue weighted by Crippen LogP contribution is -2.24. The van der Waals surface area contributed by atoms with Crippen molar-refractivity contribution in [1.82, 2.24) is 5.32 Å². The van der Waals surface area contributed by atoms with Gasteiger partial charge < -0.3 is 10.4 Å². The van der Waals surface area contributed by atoms with Crippen LogP contribution < -0.4 is 5.32 Å². The molecule has 2 aromatic rings. The summed E-state index contributed by atoms with van der Waals surface area (Å²) in [4.78, 5) is 1.25. The Morgan fingerprint density at radius 2 is 2.21 bits per heavy atom. The van der Waals surface area contributed by atoms with Gasteiger partial charge in [0.25, 0.3) is 0 Å². The Morgan fingerprint density at radius 1 is 1.32 bits per heavy atom. The van der Waals surface area contributed by atoms with E-state index in [0.29, 0.717) is 11.8 Å². The molecule has 1 aliphatic carbocycles. The molecule has 1 aliphatic rings. The molecule has 0 fully saturated rings. The molecule has 100 valence electrons. The average molecular weight is 294 g/mol. The Hall–Kier alpha value is -1.03. The second-order valence-electron chi connectivity index (χ2n) is 4.91. The van der Waals surface area contributed by atoms with Crippen LogP contribution >= 0.6 is 22.9 Å². The normalized spacial score (nSPS) is 18.3. The van der Waals surface area contributed by atoms with Gasteiger partial charge in [-0.3, -0.25) is 0 Å². The first-order chi connectivity index (χ1) is 9.22. The van der Waals surface area contributed by atoms with Gasteiger partial charge in [-0.1, -0.05) is 17.7 Å². The van der Waals surface area contributed by atoms with Crippen molar-refractivity contribution in [2.45, 2.75) is 31.8 Å². The van der Waals surface area contributed by atoms with Gasteiger partial charge in [-0.05, 0) is 54.7 Å². The summed E-state index contributed by atoms with van der Waals surface area (Å²) in [7, 11) is 0. The smallest absolute Gasteiger partial charge is 0.115 e. The summed E-state index contributed by atoms with van der Waals surface area (Å²) < 4.78 is 0.832. The third-order valence-electron chi connectivity index (χ3n) is 3.60. The lowest BCUT2D eigenvalue weighted by atomic mass is 9.87. The standard InChI is InChI=1S/C15H16ClNOS/c16-15-7-6-12(19-15)9-17-14-3-1-2-10-4-5-11(18)8-13(10)14/h4-8,14,17-18H,1-3,9H2. The monoisotopic (exact) mass is 293 g/mol. The Kier molecular flexibility index (Phi) is 3.78. The van der Waals surface area contributed by atoms with Crippen molar-refractivity contribution in [3.63, 3.8) is 0 Å². The van der Waals surface area contributed by atoms with Crippen molar-refractivity contribution in [2.75, 3.05) is 0 Å². The van der Waals surface area contributed by atoms with Gasteiger partial charge in [0.1, 0.15) is 5.75 Å². The number of rotatable bonds is 3. The molecule has 1 atom stereocenters. The summed E-state index contributed by atoms with van der Waals surface area (Å²) in [5.74, 6) is 0.353. The number of hydrogen-bond acceptors (Lipinski definition) is 3. The Balaban J connectivity index is 1.74. The van der Waals surface area contributed by atoms with Crippen LogP contribution in [0.5, 0.6) is 5.75 Å². The number of fused-ring (bicyclic) bond motifs is 1. The number of aromatic hydroxyl groups is 1. The van der Waals surface area contributed by atoms with Crippen LogP contribution in [0.25, 0.3) is 0 Å². The minimum atomic E-state index is 0.330. The summed E-state index contributed by atoms with van der Waals surface area (Å²) in [6.45, 7) is 0.831. The van der Waals surface area contributed by atoms with Gasteiger partial charge in [0.15, 0.2) is 0 Å². The summed E-state index contributed by atoms with van der Waals surface area (Å²) in [5.41, 5.74) is 2.60. The Morgan fingerprint density at radius 3 is 3.00 bits per heavy atom. The van der Waals surface area contributed by atoms with Gasteiger partial charge in [-0.25, -0.2) is 0 Å². The van der Waals surface area contributed by atoms with Crippen molar-refractivity contribution in [3.8, 4) is 5.75 Å². The fourth-order valence-corrected chi connectivity index (χ4v) is 3.71. The maximum Gasteiger partial charge on any atom is 0.115 e. The molecular formula is C15H16ClNOS. The SMILES string of the molecule is Oc1ccc2c(c1)C(NCc1ccc(Cl)s1)CCC2. The fraction of sp³-hybridized carbons (Fsp3) is 0.333. The molecule has 0 amide bonds. The van der Waals surface area contributed by atoms with Crippen LogP contribution in [0, 0.1) is 0 Å². The largest absolute Gasteiger partial charge is 0.508 e. The highest BCUT2D eigenvalue weighted by Gasteiger charge is 2.20. The molecule has 0 radical (unpaired) electrons. The van der Waals surface area contributed by atoms with Crippen LogP contribution in [-0.4, -0.2) is 5.11 Å². The minimum absolute atomic E-state index is 0.330. The number of phenols is 1. The molecule has 1 aromatic heterocycles. The molecule has 0 saturated carbocycles. The number of benzene rings is 1. The predicted octanol–water partition coefficient (Wildman–Crippen LogP) is 4.27. The fourth-order valence-electron chi connectivity index (χ4n) is 2.67. The van der Waals surface area contributed by atoms with E-state index in [1.165, 1.54) is 22.4 Å². The van der Waals surface area contributed by atoms with Crippen LogP contribution in [0.3, 0.4) is 0 Å². The molecule has 19 heavy (non-hydrogen) atoms. The second kappa shape index (κ2) is 5.53. The second-order valence-corrected chi connectivity index (χ2v) is 6.71. The molecule has 4 heteroatoms. The number of hydrogen-bond donors (Lipinski definition) is 2. The van der Waals surface area contributed by atoms with E-state index in [0.717, 1.165) is 23.7 Å². The van der Waals surface area contributed by atoms with Gasteiger partial charge in [0, 0.05) is 17.5 Å². The van der Waals surface area contributed by atoms with E-state index < -0.39 is 0 Å². The molecular weight excluding hydrogens is 278 g/mol. The molecule has 0 bridgehead atoms. The highest BCUT2D eigenvalue weighted by atomic mass is 35.5. The highest BCUT2D eigenvalue weighted by molar-refractivity contribution is 7.16. The van der Waals surface area contributed by atoms with Gasteiger partial charge in [-0.2, -0.15) is 0 Å². The van der Waals surface area contributed by atoms with Crippen molar-refractivity contribution in [3.05, 3.63) is 50.7 Å². The average Bonchev–Trinajstić information content (AvgIpc) is 2.82. The maximum atomic E-state index is 9.65. The van der Waals surface area contributed by atoms with E-state index in [2.05, 4.69) is 11.4 Å². The molecule has 0 saturated heterocycles. The van der Waals surface area contributed by atoms with Gasteiger partial charge in [-0.15, -0.1) is 11.3 Å².